The molecule has 1 aromatic carbocycles. The van der Waals surface area contributed by atoms with Crippen LogP contribution in [0.25, 0.3) is 22.8 Å². The van der Waals surface area contributed by atoms with E-state index < -0.39 is 0 Å². The highest BCUT2D eigenvalue weighted by Gasteiger charge is 2.18. The zero-order valence-electron chi connectivity index (χ0n) is 15.0. The van der Waals surface area contributed by atoms with Crippen molar-refractivity contribution in [2.24, 2.45) is 0 Å². The smallest absolute Gasteiger partial charge is 0.257 e. The molecule has 0 aliphatic carbocycles. The molecule has 4 rings (SSSR count). The molecule has 0 unspecified atom stereocenters. The molecule has 142 valence electrons. The van der Waals surface area contributed by atoms with Gasteiger partial charge >= 0.3 is 0 Å². The van der Waals surface area contributed by atoms with Crippen LogP contribution in [-0.2, 0) is 12.3 Å². The molecule has 0 aliphatic heterocycles. The average Bonchev–Trinajstić information content (AvgIpc) is 3.41. The van der Waals surface area contributed by atoms with Crippen LogP contribution in [0.1, 0.15) is 11.6 Å². The minimum Gasteiger partial charge on any atom is -0.469 e. The van der Waals surface area contributed by atoms with Crippen LogP contribution in [0.3, 0.4) is 0 Å². The summed E-state index contributed by atoms with van der Waals surface area (Å²) in [6.45, 7) is 6.25. The fourth-order valence-corrected chi connectivity index (χ4v) is 3.45. The summed E-state index contributed by atoms with van der Waals surface area (Å²) in [6.07, 6.45) is 3.41. The standard InChI is InChI=1S/C19H16FN5O2S/c1-3-9-25-17(15-8-10-26-12(15)2)22-23-19(25)28-11-16-21-18(27-24-16)13-4-6-14(20)7-5-13/h3-8,10H,1,9,11H2,2H3. The number of aryl methyl sites for hydroxylation is 1. The maximum absolute atomic E-state index is 13.0. The van der Waals surface area contributed by atoms with E-state index in [1.54, 1.807) is 24.5 Å². The van der Waals surface area contributed by atoms with Crippen molar-refractivity contribution in [1.29, 1.82) is 0 Å². The molecule has 0 bridgehead atoms. The summed E-state index contributed by atoms with van der Waals surface area (Å²) >= 11 is 1.44. The first-order valence-electron chi connectivity index (χ1n) is 8.45. The predicted octanol–water partition coefficient (Wildman–Crippen LogP) is 4.51. The SMILES string of the molecule is C=CCn1c(SCc2noc(-c3ccc(F)cc3)n2)nnc1-c1ccoc1C. The summed E-state index contributed by atoms with van der Waals surface area (Å²) < 4.78 is 25.6. The Morgan fingerprint density at radius 3 is 2.75 bits per heavy atom. The van der Waals surface area contributed by atoms with Gasteiger partial charge in [0.05, 0.1) is 17.6 Å². The average molecular weight is 397 g/mol. The molecular weight excluding hydrogens is 381 g/mol. The van der Waals surface area contributed by atoms with Crippen LogP contribution in [0.5, 0.6) is 0 Å². The van der Waals surface area contributed by atoms with Crippen molar-refractivity contribution >= 4 is 11.8 Å². The number of halogens is 1. The Balaban J connectivity index is 1.52. The fourth-order valence-electron chi connectivity index (χ4n) is 2.66. The minimum atomic E-state index is -0.315. The van der Waals surface area contributed by atoms with Gasteiger partial charge in [-0.15, -0.1) is 16.8 Å². The van der Waals surface area contributed by atoms with Gasteiger partial charge in [-0.1, -0.05) is 23.0 Å². The van der Waals surface area contributed by atoms with Crippen molar-refractivity contribution in [3.05, 3.63) is 66.7 Å². The van der Waals surface area contributed by atoms with E-state index in [-0.39, 0.29) is 5.82 Å². The number of nitrogens with zero attached hydrogens (tertiary/aromatic N) is 5. The van der Waals surface area contributed by atoms with Crippen LogP contribution < -0.4 is 0 Å². The molecule has 0 spiro atoms. The van der Waals surface area contributed by atoms with Gasteiger partial charge in [0.25, 0.3) is 5.89 Å². The Morgan fingerprint density at radius 2 is 2.04 bits per heavy atom. The topological polar surface area (TPSA) is 82.8 Å². The lowest BCUT2D eigenvalue weighted by Crippen LogP contribution is -2.01. The zero-order valence-corrected chi connectivity index (χ0v) is 15.8. The Labute approximate surface area is 164 Å². The van der Waals surface area contributed by atoms with Gasteiger partial charge in [0.2, 0.25) is 0 Å². The van der Waals surface area contributed by atoms with Crippen molar-refractivity contribution in [1.82, 2.24) is 24.9 Å². The van der Waals surface area contributed by atoms with E-state index in [2.05, 4.69) is 26.9 Å². The zero-order chi connectivity index (χ0) is 19.5. The van der Waals surface area contributed by atoms with Crippen LogP contribution in [0.15, 0.2) is 63.3 Å². The molecule has 0 radical (unpaired) electrons. The number of hydrogen-bond donors (Lipinski definition) is 0. The third-order valence-electron chi connectivity index (χ3n) is 4.02. The van der Waals surface area contributed by atoms with E-state index >= 15 is 0 Å². The molecule has 0 saturated carbocycles. The number of allylic oxidation sites excluding steroid dienone is 1. The lowest BCUT2D eigenvalue weighted by Gasteiger charge is -2.06. The van der Waals surface area contributed by atoms with Crippen LogP contribution >= 0.6 is 11.8 Å². The Kier molecular flexibility index (Phi) is 5.07. The molecule has 0 atom stereocenters. The largest absolute Gasteiger partial charge is 0.469 e. The van der Waals surface area contributed by atoms with Crippen LogP contribution in [0.2, 0.25) is 0 Å². The molecule has 28 heavy (non-hydrogen) atoms. The summed E-state index contributed by atoms with van der Waals surface area (Å²) in [6, 6.07) is 7.76. The van der Waals surface area contributed by atoms with E-state index in [0.717, 1.165) is 11.3 Å². The summed E-state index contributed by atoms with van der Waals surface area (Å²) in [5.74, 6) is 2.48. The van der Waals surface area contributed by atoms with E-state index in [4.69, 9.17) is 8.94 Å². The van der Waals surface area contributed by atoms with Crippen molar-refractivity contribution < 1.29 is 13.3 Å². The number of benzene rings is 1. The number of hydrogen-bond acceptors (Lipinski definition) is 7. The van der Waals surface area contributed by atoms with Gasteiger partial charge in [0.1, 0.15) is 11.6 Å². The van der Waals surface area contributed by atoms with Crippen molar-refractivity contribution in [3.8, 4) is 22.8 Å². The Morgan fingerprint density at radius 1 is 1.21 bits per heavy atom. The second kappa shape index (κ2) is 7.81. The second-order valence-corrected chi connectivity index (χ2v) is 6.85. The second-order valence-electron chi connectivity index (χ2n) is 5.91. The van der Waals surface area contributed by atoms with Crippen molar-refractivity contribution in [3.63, 3.8) is 0 Å². The van der Waals surface area contributed by atoms with Gasteiger partial charge in [0.15, 0.2) is 16.8 Å². The molecule has 0 N–H and O–H groups in total. The molecule has 9 heteroatoms. The van der Waals surface area contributed by atoms with Crippen LogP contribution in [-0.4, -0.2) is 24.9 Å². The Hall–Kier alpha value is -3.20. The predicted molar refractivity (Wildman–Crippen MR) is 102 cm³/mol. The molecule has 7 nitrogen and oxygen atoms in total. The van der Waals surface area contributed by atoms with E-state index in [0.29, 0.717) is 40.6 Å². The summed E-state index contributed by atoms with van der Waals surface area (Å²) in [4.78, 5) is 4.36. The van der Waals surface area contributed by atoms with Gasteiger partial charge in [-0.25, -0.2) is 4.39 Å². The summed E-state index contributed by atoms with van der Waals surface area (Å²) in [5, 5.41) is 13.3. The van der Waals surface area contributed by atoms with Crippen LogP contribution in [0.4, 0.5) is 4.39 Å². The molecule has 0 fully saturated rings. The quantitative estimate of drug-likeness (QED) is 0.335. The van der Waals surface area contributed by atoms with Gasteiger partial charge in [-0.3, -0.25) is 4.57 Å². The maximum Gasteiger partial charge on any atom is 0.257 e. The molecule has 4 aromatic rings. The highest BCUT2D eigenvalue weighted by atomic mass is 32.2. The van der Waals surface area contributed by atoms with E-state index in [1.807, 2.05) is 17.6 Å². The first-order chi connectivity index (χ1) is 13.7. The van der Waals surface area contributed by atoms with Gasteiger partial charge in [-0.05, 0) is 37.3 Å². The van der Waals surface area contributed by atoms with E-state index in [1.165, 1.54) is 23.9 Å². The molecule has 3 aromatic heterocycles. The van der Waals surface area contributed by atoms with Crippen LogP contribution in [0, 0.1) is 12.7 Å². The monoisotopic (exact) mass is 397 g/mol. The lowest BCUT2D eigenvalue weighted by atomic mass is 10.2. The highest BCUT2D eigenvalue weighted by Crippen LogP contribution is 2.28. The normalized spacial score (nSPS) is 11.1. The maximum atomic E-state index is 13.0. The number of thioether (sulfide) groups is 1. The molecule has 3 heterocycles. The summed E-state index contributed by atoms with van der Waals surface area (Å²) in [7, 11) is 0. The first kappa shape index (κ1) is 18.2. The van der Waals surface area contributed by atoms with Crippen molar-refractivity contribution in [2.75, 3.05) is 0 Å². The molecule has 0 aliphatic rings. The number of aromatic nitrogens is 5. The number of rotatable bonds is 7. The first-order valence-corrected chi connectivity index (χ1v) is 9.44. The molecule has 0 saturated heterocycles. The molecular formula is C19H16FN5O2S. The third kappa shape index (κ3) is 3.61. The highest BCUT2D eigenvalue weighted by molar-refractivity contribution is 7.98. The summed E-state index contributed by atoms with van der Waals surface area (Å²) in [5.41, 5.74) is 1.55. The number of furan rings is 1. The fraction of sp³-hybridized carbons (Fsp3) is 0.158. The van der Waals surface area contributed by atoms with E-state index in [9.17, 15) is 4.39 Å². The van der Waals surface area contributed by atoms with Gasteiger partial charge < -0.3 is 8.94 Å². The minimum absolute atomic E-state index is 0.315. The lowest BCUT2D eigenvalue weighted by molar-refractivity contribution is 0.425. The third-order valence-corrected chi connectivity index (χ3v) is 4.98. The van der Waals surface area contributed by atoms with Gasteiger partial charge in [0, 0.05) is 12.1 Å². The van der Waals surface area contributed by atoms with Crippen molar-refractivity contribution in [2.45, 2.75) is 24.4 Å². The Bertz CT molecular complexity index is 1100. The molecule has 0 amide bonds. The van der Waals surface area contributed by atoms with Gasteiger partial charge in [-0.2, -0.15) is 4.98 Å².